The molecule has 0 amide bonds. The van der Waals surface area contributed by atoms with Gasteiger partial charge < -0.3 is 10.9 Å². The van der Waals surface area contributed by atoms with Gasteiger partial charge in [0.1, 0.15) is 5.69 Å². The van der Waals surface area contributed by atoms with Gasteiger partial charge in [-0.3, -0.25) is 4.98 Å². The van der Waals surface area contributed by atoms with Crippen molar-refractivity contribution in [2.24, 2.45) is 10.9 Å². The number of hydrogen-bond acceptors (Lipinski definition) is 3. The number of amidine groups is 1. The first kappa shape index (κ1) is 10.3. The van der Waals surface area contributed by atoms with Crippen molar-refractivity contribution in [3.63, 3.8) is 0 Å². The van der Waals surface area contributed by atoms with Gasteiger partial charge >= 0.3 is 0 Å². The first-order chi connectivity index (χ1) is 7.65. The van der Waals surface area contributed by atoms with E-state index in [1.54, 1.807) is 0 Å². The Morgan fingerprint density at radius 2 is 2.00 bits per heavy atom. The number of benzene rings is 1. The minimum Gasteiger partial charge on any atom is -0.409 e. The molecule has 0 unspecified atom stereocenters. The summed E-state index contributed by atoms with van der Waals surface area (Å²) in [6.45, 7) is 0. The van der Waals surface area contributed by atoms with Crippen molar-refractivity contribution in [1.29, 1.82) is 0 Å². The third kappa shape index (κ3) is 1.44. The fraction of sp³-hybridized carbons (Fsp3) is 0. The van der Waals surface area contributed by atoms with Crippen molar-refractivity contribution in [3.05, 3.63) is 41.7 Å². The maximum atomic E-state index is 13.4. The topological polar surface area (TPSA) is 71.5 Å². The molecule has 0 saturated heterocycles. The molecule has 0 atom stereocenters. The van der Waals surface area contributed by atoms with Crippen LogP contribution < -0.4 is 5.73 Å². The first-order valence-corrected chi connectivity index (χ1v) is 4.35. The molecule has 16 heavy (non-hydrogen) atoms. The van der Waals surface area contributed by atoms with Crippen LogP contribution in [-0.4, -0.2) is 16.0 Å². The number of hydrogen-bond donors (Lipinski definition) is 2. The van der Waals surface area contributed by atoms with Gasteiger partial charge in [-0.1, -0.05) is 5.16 Å². The van der Waals surface area contributed by atoms with Gasteiger partial charge in [0.15, 0.2) is 17.5 Å². The van der Waals surface area contributed by atoms with Gasteiger partial charge in [0, 0.05) is 17.0 Å². The number of oxime groups is 1. The van der Waals surface area contributed by atoms with Crippen LogP contribution in [0.3, 0.4) is 0 Å². The molecule has 0 saturated carbocycles. The van der Waals surface area contributed by atoms with E-state index < -0.39 is 11.6 Å². The highest BCUT2D eigenvalue weighted by atomic mass is 19.2. The van der Waals surface area contributed by atoms with Crippen molar-refractivity contribution in [2.75, 3.05) is 0 Å². The van der Waals surface area contributed by atoms with E-state index in [1.807, 2.05) is 0 Å². The quantitative estimate of drug-likeness (QED) is 0.334. The predicted molar refractivity (Wildman–Crippen MR) is 54.2 cm³/mol. The van der Waals surface area contributed by atoms with Crippen LogP contribution in [0.4, 0.5) is 8.78 Å². The molecule has 3 N–H and O–H groups in total. The molecule has 2 aromatic rings. The summed E-state index contributed by atoms with van der Waals surface area (Å²) >= 11 is 0. The molecule has 0 aliphatic carbocycles. The summed E-state index contributed by atoms with van der Waals surface area (Å²) < 4.78 is 26.4. The molecule has 0 fully saturated rings. The second kappa shape index (κ2) is 3.73. The summed E-state index contributed by atoms with van der Waals surface area (Å²) in [6, 6.07) is 3.61. The van der Waals surface area contributed by atoms with Gasteiger partial charge in [-0.25, -0.2) is 8.78 Å². The largest absolute Gasteiger partial charge is 0.409 e. The lowest BCUT2D eigenvalue weighted by atomic mass is 10.1. The summed E-state index contributed by atoms with van der Waals surface area (Å²) in [4.78, 5) is 3.84. The third-order valence-corrected chi connectivity index (χ3v) is 2.18. The van der Waals surface area contributed by atoms with Crippen LogP contribution in [0, 0.1) is 11.6 Å². The Hall–Kier alpha value is -2.24. The van der Waals surface area contributed by atoms with E-state index >= 15 is 0 Å². The molecule has 1 aromatic carbocycles. The molecule has 0 aliphatic rings. The lowest BCUT2D eigenvalue weighted by Gasteiger charge is -2.04. The zero-order chi connectivity index (χ0) is 11.7. The molecule has 82 valence electrons. The number of aromatic nitrogens is 1. The number of pyridine rings is 1. The van der Waals surface area contributed by atoms with Gasteiger partial charge in [0.25, 0.3) is 0 Å². The second-order valence-corrected chi connectivity index (χ2v) is 3.10. The minimum atomic E-state index is -0.980. The highest BCUT2D eigenvalue weighted by Gasteiger charge is 2.12. The summed E-state index contributed by atoms with van der Waals surface area (Å²) in [5.74, 6) is -2.19. The molecule has 2 rings (SSSR count). The fourth-order valence-electron chi connectivity index (χ4n) is 1.44. The van der Waals surface area contributed by atoms with E-state index in [4.69, 9.17) is 10.9 Å². The first-order valence-electron chi connectivity index (χ1n) is 4.35. The average molecular weight is 223 g/mol. The average Bonchev–Trinajstić information content (AvgIpc) is 2.32. The number of fused-ring (bicyclic) bond motifs is 1. The summed E-state index contributed by atoms with van der Waals surface area (Å²) in [7, 11) is 0. The smallest absolute Gasteiger partial charge is 0.189 e. The second-order valence-electron chi connectivity index (χ2n) is 3.10. The van der Waals surface area contributed by atoms with E-state index in [0.717, 1.165) is 6.07 Å². The molecular weight excluding hydrogens is 216 g/mol. The number of halogens is 2. The zero-order valence-corrected chi connectivity index (χ0v) is 7.98. The summed E-state index contributed by atoms with van der Waals surface area (Å²) in [5.41, 5.74) is 5.48. The van der Waals surface area contributed by atoms with E-state index in [1.165, 1.54) is 18.3 Å². The Balaban J connectivity index is 2.85. The third-order valence-electron chi connectivity index (χ3n) is 2.18. The Kier molecular flexibility index (Phi) is 2.40. The van der Waals surface area contributed by atoms with Crippen LogP contribution in [0.25, 0.3) is 10.8 Å². The Bertz CT molecular complexity index is 584. The maximum Gasteiger partial charge on any atom is 0.189 e. The van der Waals surface area contributed by atoms with Crippen molar-refractivity contribution in [2.45, 2.75) is 0 Å². The van der Waals surface area contributed by atoms with Crippen LogP contribution >= 0.6 is 0 Å². The van der Waals surface area contributed by atoms with Crippen molar-refractivity contribution < 1.29 is 14.0 Å². The molecule has 0 bridgehead atoms. The number of rotatable bonds is 1. The lowest BCUT2D eigenvalue weighted by Crippen LogP contribution is -2.15. The molecule has 1 heterocycles. The minimum absolute atomic E-state index is 0.0385. The highest BCUT2D eigenvalue weighted by Crippen LogP contribution is 2.21. The van der Waals surface area contributed by atoms with Gasteiger partial charge in [-0.15, -0.1) is 0 Å². The molecule has 0 aliphatic heterocycles. The molecule has 0 radical (unpaired) electrons. The lowest BCUT2D eigenvalue weighted by molar-refractivity contribution is 0.318. The van der Waals surface area contributed by atoms with E-state index in [-0.39, 0.29) is 22.3 Å². The van der Waals surface area contributed by atoms with Crippen molar-refractivity contribution in [3.8, 4) is 0 Å². The van der Waals surface area contributed by atoms with Crippen LogP contribution in [0.1, 0.15) is 5.69 Å². The van der Waals surface area contributed by atoms with Gasteiger partial charge in [-0.2, -0.15) is 0 Å². The van der Waals surface area contributed by atoms with Crippen LogP contribution in [-0.2, 0) is 0 Å². The molecule has 6 heteroatoms. The predicted octanol–water partition coefficient (Wildman–Crippen LogP) is 1.61. The van der Waals surface area contributed by atoms with E-state index in [9.17, 15) is 8.78 Å². The van der Waals surface area contributed by atoms with Crippen LogP contribution in [0.15, 0.2) is 29.6 Å². The van der Waals surface area contributed by atoms with E-state index in [2.05, 4.69) is 10.1 Å². The van der Waals surface area contributed by atoms with Crippen molar-refractivity contribution in [1.82, 2.24) is 4.98 Å². The summed E-state index contributed by atoms with van der Waals surface area (Å²) in [6.07, 6.45) is 1.26. The molecule has 1 aromatic heterocycles. The van der Waals surface area contributed by atoms with Crippen molar-refractivity contribution >= 4 is 16.6 Å². The maximum absolute atomic E-state index is 13.4. The zero-order valence-electron chi connectivity index (χ0n) is 7.98. The Morgan fingerprint density at radius 1 is 1.25 bits per heavy atom. The molecule has 0 spiro atoms. The Labute approximate surface area is 89.0 Å². The normalized spacial score (nSPS) is 12.0. The highest BCUT2D eigenvalue weighted by molar-refractivity contribution is 6.06. The number of nitrogens with zero attached hydrogens (tertiary/aromatic N) is 2. The monoisotopic (exact) mass is 223 g/mol. The van der Waals surface area contributed by atoms with Crippen LogP contribution in [0.5, 0.6) is 0 Å². The fourth-order valence-corrected chi connectivity index (χ4v) is 1.44. The molecular formula is C10H7F2N3O. The number of nitrogens with two attached hydrogens (primary N) is 1. The van der Waals surface area contributed by atoms with Gasteiger partial charge in [0.05, 0.1) is 0 Å². The molecule has 4 nitrogen and oxygen atoms in total. The Morgan fingerprint density at radius 3 is 2.69 bits per heavy atom. The van der Waals surface area contributed by atoms with Gasteiger partial charge in [-0.05, 0) is 18.2 Å². The van der Waals surface area contributed by atoms with Crippen LogP contribution in [0.2, 0.25) is 0 Å². The summed E-state index contributed by atoms with van der Waals surface area (Å²) in [5, 5.41) is 11.6. The van der Waals surface area contributed by atoms with Gasteiger partial charge in [0.2, 0.25) is 0 Å². The standard InChI is InChI=1S/C10H7F2N3O/c11-7-2-1-6-5(8(7)12)3-4-14-9(6)10(13)15-16/h1-4,16H,(H2,13,15). The van der Waals surface area contributed by atoms with E-state index in [0.29, 0.717) is 0 Å². The SMILES string of the molecule is NC(=NO)c1nccc2c(F)c(F)ccc12.